The summed E-state index contributed by atoms with van der Waals surface area (Å²) >= 11 is 0. The average Bonchev–Trinajstić information content (AvgIpc) is 2.67. The zero-order valence-corrected chi connectivity index (χ0v) is 16.2. The topological polar surface area (TPSA) is 70.4 Å². The molecule has 7 heteroatoms. The molecule has 0 N–H and O–H groups in total. The molecule has 5 rings (SSSR count). The maximum Gasteiger partial charge on any atom is 0.338 e. The zero-order valence-electron chi connectivity index (χ0n) is 16.2. The molecule has 1 aromatic rings. The summed E-state index contributed by atoms with van der Waals surface area (Å²) < 4.78 is 31.5. The van der Waals surface area contributed by atoms with E-state index in [-0.39, 0.29) is 23.4 Å². The first-order valence-electron chi connectivity index (χ1n) is 10.2. The number of rotatable bonds is 6. The molecule has 0 aromatic heterocycles. The van der Waals surface area contributed by atoms with Gasteiger partial charge in [-0.1, -0.05) is 0 Å². The number of halogens is 2. The van der Waals surface area contributed by atoms with Crippen LogP contribution < -0.4 is 0 Å². The molecule has 1 aromatic carbocycles. The lowest BCUT2D eigenvalue weighted by Gasteiger charge is -2.60. The number of ether oxygens (including phenoxy) is 1. The normalized spacial score (nSPS) is 29.3. The first-order valence-corrected chi connectivity index (χ1v) is 10.2. The molecule has 5 nitrogen and oxygen atoms in total. The minimum Gasteiger partial charge on any atom is -0.452 e. The predicted octanol–water partition coefficient (Wildman–Crippen LogP) is 3.83. The smallest absolute Gasteiger partial charge is 0.338 e. The van der Waals surface area contributed by atoms with Gasteiger partial charge >= 0.3 is 5.97 Å². The Kier molecular flexibility index (Phi) is 5.28. The molecule has 1 amide bonds. The molecule has 0 heterocycles. The van der Waals surface area contributed by atoms with Crippen LogP contribution in [0.5, 0.6) is 0 Å². The van der Waals surface area contributed by atoms with Crippen LogP contribution in [0.1, 0.15) is 55.3 Å². The van der Waals surface area contributed by atoms with E-state index in [2.05, 4.69) is 6.07 Å². The monoisotopic (exact) mass is 402 g/mol. The lowest BCUT2D eigenvalue weighted by Crippen LogP contribution is -2.62. The van der Waals surface area contributed by atoms with Gasteiger partial charge in [-0.15, -0.1) is 0 Å². The second kappa shape index (κ2) is 7.74. The Morgan fingerprint density at radius 2 is 1.72 bits per heavy atom. The highest BCUT2D eigenvalue weighted by Gasteiger charge is 2.54. The maximum absolute atomic E-state index is 13.3. The van der Waals surface area contributed by atoms with E-state index < -0.39 is 24.2 Å². The summed E-state index contributed by atoms with van der Waals surface area (Å²) in [7, 11) is 0. The summed E-state index contributed by atoms with van der Waals surface area (Å²) in [5.41, 5.74) is -0.382. The van der Waals surface area contributed by atoms with Crippen molar-refractivity contribution in [2.75, 3.05) is 13.2 Å². The third-order valence-electron chi connectivity index (χ3n) is 6.81. The first kappa shape index (κ1) is 19.8. The Morgan fingerprint density at radius 1 is 1.10 bits per heavy atom. The number of carbonyl (C=O) groups excluding carboxylic acids is 2. The van der Waals surface area contributed by atoms with Crippen LogP contribution in [0.15, 0.2) is 18.2 Å². The van der Waals surface area contributed by atoms with Crippen LogP contribution in [0.25, 0.3) is 0 Å². The molecule has 4 fully saturated rings. The highest BCUT2D eigenvalue weighted by atomic mass is 19.2. The molecular formula is C22H24F2N2O3. The fraction of sp³-hybridized carbons (Fsp3) is 0.591. The van der Waals surface area contributed by atoms with Crippen molar-refractivity contribution < 1.29 is 23.1 Å². The van der Waals surface area contributed by atoms with E-state index in [0.29, 0.717) is 24.3 Å². The Bertz CT molecular complexity index is 829. The third kappa shape index (κ3) is 3.85. The van der Waals surface area contributed by atoms with E-state index in [4.69, 9.17) is 10.00 Å². The van der Waals surface area contributed by atoms with Crippen LogP contribution in [0.2, 0.25) is 0 Å². The number of esters is 1. The summed E-state index contributed by atoms with van der Waals surface area (Å²) in [5, 5.41) is 9.05. The summed E-state index contributed by atoms with van der Waals surface area (Å²) in [6.45, 7) is -0.144. The van der Waals surface area contributed by atoms with E-state index >= 15 is 0 Å². The van der Waals surface area contributed by atoms with E-state index in [1.165, 1.54) is 19.3 Å². The number of hydrogen-bond acceptors (Lipinski definition) is 4. The van der Waals surface area contributed by atoms with E-state index in [9.17, 15) is 18.4 Å². The highest BCUT2D eigenvalue weighted by Crippen LogP contribution is 2.57. The molecule has 0 radical (unpaired) electrons. The summed E-state index contributed by atoms with van der Waals surface area (Å²) in [6, 6.07) is 4.84. The molecule has 4 aliphatic rings. The van der Waals surface area contributed by atoms with Gasteiger partial charge in [-0.25, -0.2) is 13.6 Å². The van der Waals surface area contributed by atoms with Crippen LogP contribution in [-0.4, -0.2) is 35.5 Å². The SMILES string of the molecule is N#CCCN(C(=O)COC(=O)c1ccc(F)c(F)c1)C12CC3CC(CC(C3)C1)C2. The van der Waals surface area contributed by atoms with Gasteiger partial charge in [-0.05, 0) is 74.5 Å². The molecule has 0 saturated heterocycles. The van der Waals surface area contributed by atoms with E-state index in [1.54, 1.807) is 4.90 Å². The van der Waals surface area contributed by atoms with Gasteiger partial charge < -0.3 is 9.64 Å². The number of benzene rings is 1. The van der Waals surface area contributed by atoms with Crippen molar-refractivity contribution in [2.45, 2.75) is 50.5 Å². The Labute approximate surface area is 168 Å². The van der Waals surface area contributed by atoms with Crippen LogP contribution in [0.3, 0.4) is 0 Å². The van der Waals surface area contributed by atoms with Crippen molar-refractivity contribution in [2.24, 2.45) is 17.8 Å². The zero-order chi connectivity index (χ0) is 20.6. The highest BCUT2D eigenvalue weighted by molar-refractivity contribution is 5.91. The van der Waals surface area contributed by atoms with Crippen molar-refractivity contribution in [1.29, 1.82) is 5.26 Å². The molecule has 154 valence electrons. The predicted molar refractivity (Wildman–Crippen MR) is 99.5 cm³/mol. The molecule has 4 saturated carbocycles. The van der Waals surface area contributed by atoms with Crippen molar-refractivity contribution in [3.8, 4) is 6.07 Å². The average molecular weight is 402 g/mol. The van der Waals surface area contributed by atoms with Crippen LogP contribution in [0, 0.1) is 40.7 Å². The molecule has 4 aliphatic carbocycles. The Balaban J connectivity index is 1.46. The van der Waals surface area contributed by atoms with Gasteiger partial charge in [-0.2, -0.15) is 5.26 Å². The minimum atomic E-state index is -1.14. The van der Waals surface area contributed by atoms with E-state index in [0.717, 1.165) is 37.5 Å². The van der Waals surface area contributed by atoms with Gasteiger partial charge in [0.2, 0.25) is 0 Å². The van der Waals surface area contributed by atoms with Crippen molar-refractivity contribution in [1.82, 2.24) is 4.90 Å². The number of hydrogen-bond donors (Lipinski definition) is 0. The summed E-state index contributed by atoms with van der Waals surface area (Å²) in [5.74, 6) is -1.51. The first-order chi connectivity index (χ1) is 13.9. The Hall–Kier alpha value is -2.49. The standard InChI is InChI=1S/C22H24F2N2O3/c23-18-3-2-17(9-19(18)24)21(28)29-13-20(27)26(5-1-4-25)22-10-14-6-15(11-22)8-16(7-14)12-22/h2-3,9,14-16H,1,5-8,10-13H2. The van der Waals surface area contributed by atoms with Gasteiger partial charge in [0.1, 0.15) is 0 Å². The lowest BCUT2D eigenvalue weighted by molar-refractivity contribution is -0.153. The van der Waals surface area contributed by atoms with Crippen molar-refractivity contribution in [3.63, 3.8) is 0 Å². The van der Waals surface area contributed by atoms with Gasteiger partial charge in [0, 0.05) is 12.1 Å². The molecule has 29 heavy (non-hydrogen) atoms. The largest absolute Gasteiger partial charge is 0.452 e. The van der Waals surface area contributed by atoms with Gasteiger partial charge in [-0.3, -0.25) is 4.79 Å². The third-order valence-corrected chi connectivity index (χ3v) is 6.81. The minimum absolute atomic E-state index is 0.143. The van der Waals surface area contributed by atoms with Crippen molar-refractivity contribution >= 4 is 11.9 Å². The molecule has 0 unspecified atom stereocenters. The summed E-state index contributed by atoms with van der Waals surface area (Å²) in [6.07, 6.45) is 6.76. The maximum atomic E-state index is 13.3. The molecule has 0 aliphatic heterocycles. The molecule has 0 atom stereocenters. The fourth-order valence-electron chi connectivity index (χ4n) is 6.10. The van der Waals surface area contributed by atoms with Gasteiger partial charge in [0.25, 0.3) is 5.91 Å². The number of nitriles is 1. The second-order valence-electron chi connectivity index (χ2n) is 8.80. The Morgan fingerprint density at radius 3 is 2.28 bits per heavy atom. The quantitative estimate of drug-likeness (QED) is 0.678. The lowest BCUT2D eigenvalue weighted by atomic mass is 9.52. The van der Waals surface area contributed by atoms with Gasteiger partial charge in [0.15, 0.2) is 18.2 Å². The fourth-order valence-corrected chi connectivity index (χ4v) is 6.10. The van der Waals surface area contributed by atoms with Crippen LogP contribution in [0.4, 0.5) is 8.78 Å². The number of nitrogens with zero attached hydrogens (tertiary/aromatic N) is 2. The van der Waals surface area contributed by atoms with Crippen LogP contribution >= 0.6 is 0 Å². The molecular weight excluding hydrogens is 378 g/mol. The number of amides is 1. The van der Waals surface area contributed by atoms with Gasteiger partial charge in [0.05, 0.1) is 18.1 Å². The molecule has 4 bridgehead atoms. The van der Waals surface area contributed by atoms with Crippen LogP contribution in [-0.2, 0) is 9.53 Å². The number of carbonyl (C=O) groups is 2. The van der Waals surface area contributed by atoms with E-state index in [1.807, 2.05) is 0 Å². The van der Waals surface area contributed by atoms with Crippen molar-refractivity contribution in [3.05, 3.63) is 35.4 Å². The summed E-state index contributed by atoms with van der Waals surface area (Å²) in [4.78, 5) is 27.0. The molecule has 0 spiro atoms. The second-order valence-corrected chi connectivity index (χ2v) is 8.80.